The van der Waals surface area contributed by atoms with Crippen molar-refractivity contribution in [1.82, 2.24) is 5.32 Å². The number of carbonyl (C=O) groups excluding carboxylic acids is 1. The van der Waals surface area contributed by atoms with Crippen molar-refractivity contribution in [2.45, 2.75) is 11.8 Å². The van der Waals surface area contributed by atoms with Gasteiger partial charge in [0.2, 0.25) is 0 Å². The van der Waals surface area contributed by atoms with Gasteiger partial charge in [-0.1, -0.05) is 29.3 Å². The summed E-state index contributed by atoms with van der Waals surface area (Å²) >= 11 is 13.2. The molecule has 25 heavy (non-hydrogen) atoms. The van der Waals surface area contributed by atoms with Crippen LogP contribution in [0.15, 0.2) is 47.4 Å². The first-order chi connectivity index (χ1) is 12.0. The van der Waals surface area contributed by atoms with E-state index in [2.05, 4.69) is 41.8 Å². The van der Waals surface area contributed by atoms with Gasteiger partial charge in [-0.3, -0.25) is 0 Å². The molecule has 7 heteroatoms. The lowest BCUT2D eigenvalue weighted by atomic mass is 10.2. The smallest absolute Gasteiger partial charge is 0.337 e. The van der Waals surface area contributed by atoms with Crippen LogP contribution in [0.5, 0.6) is 0 Å². The zero-order valence-corrected chi connectivity index (χ0v) is 16.4. The van der Waals surface area contributed by atoms with E-state index in [4.69, 9.17) is 28.6 Å². The summed E-state index contributed by atoms with van der Waals surface area (Å²) in [5, 5.41) is 7.06. The Bertz CT molecular complexity index is 751. The fourth-order valence-corrected chi connectivity index (χ4v) is 3.15. The minimum absolute atomic E-state index is 0.409. The Labute approximate surface area is 162 Å². The van der Waals surface area contributed by atoms with Gasteiger partial charge < -0.3 is 15.4 Å². The van der Waals surface area contributed by atoms with E-state index >= 15 is 0 Å². The van der Waals surface area contributed by atoms with E-state index < -0.39 is 5.97 Å². The third kappa shape index (κ3) is 6.23. The van der Waals surface area contributed by atoms with Crippen molar-refractivity contribution < 1.29 is 9.53 Å². The molecule has 0 radical (unpaired) electrons. The molecule has 0 aliphatic heterocycles. The Morgan fingerprint density at radius 3 is 2.64 bits per heavy atom. The van der Waals surface area contributed by atoms with E-state index in [0.29, 0.717) is 27.9 Å². The average Bonchev–Trinajstić information content (AvgIpc) is 2.61. The number of thiocarbonyl (C=S) groups is 1. The number of benzene rings is 2. The number of thioether (sulfide) groups is 1. The van der Waals surface area contributed by atoms with Crippen LogP contribution in [0.2, 0.25) is 5.02 Å². The Kier molecular flexibility index (Phi) is 7.55. The fraction of sp³-hybridized carbons (Fsp3) is 0.222. The van der Waals surface area contributed by atoms with Gasteiger partial charge in [0.15, 0.2) is 5.11 Å². The summed E-state index contributed by atoms with van der Waals surface area (Å²) in [6, 6.07) is 13.3. The number of methoxy groups -OCH3 is 1. The van der Waals surface area contributed by atoms with Crippen molar-refractivity contribution >= 4 is 52.3 Å². The molecule has 4 nitrogen and oxygen atoms in total. The van der Waals surface area contributed by atoms with Gasteiger partial charge in [0.25, 0.3) is 0 Å². The van der Waals surface area contributed by atoms with Gasteiger partial charge in [0.05, 0.1) is 23.4 Å². The number of rotatable bonds is 6. The topological polar surface area (TPSA) is 50.4 Å². The Morgan fingerprint density at radius 1 is 1.24 bits per heavy atom. The first-order valence-electron chi connectivity index (χ1n) is 7.62. The highest BCUT2D eigenvalue weighted by atomic mass is 35.5. The molecule has 0 heterocycles. The largest absolute Gasteiger partial charge is 0.465 e. The summed E-state index contributed by atoms with van der Waals surface area (Å²) in [7, 11) is 1.34. The number of ether oxygens (including phenoxy) is 1. The number of hydrogen-bond donors (Lipinski definition) is 2. The summed E-state index contributed by atoms with van der Waals surface area (Å²) in [6.45, 7) is 2.78. The van der Waals surface area contributed by atoms with E-state index in [9.17, 15) is 4.79 Å². The summed E-state index contributed by atoms with van der Waals surface area (Å²) in [6.07, 6.45) is 0. The normalized spacial score (nSPS) is 10.2. The second-order valence-electron chi connectivity index (χ2n) is 5.23. The molecular weight excluding hydrogens is 376 g/mol. The number of hydrogen-bond acceptors (Lipinski definition) is 4. The highest BCUT2D eigenvalue weighted by Gasteiger charge is 2.09. The van der Waals surface area contributed by atoms with Crippen LogP contribution < -0.4 is 10.6 Å². The SMILES string of the molecule is COC(=O)c1ccc(Cl)c(NC(=S)NCCSc2ccc(C)cc2)c1. The molecule has 0 aliphatic carbocycles. The predicted molar refractivity (Wildman–Crippen MR) is 109 cm³/mol. The molecule has 0 aromatic heterocycles. The van der Waals surface area contributed by atoms with Crippen molar-refractivity contribution in [2.24, 2.45) is 0 Å². The van der Waals surface area contributed by atoms with Gasteiger partial charge in [-0.25, -0.2) is 4.79 Å². The van der Waals surface area contributed by atoms with Crippen LogP contribution in [0.3, 0.4) is 0 Å². The lowest BCUT2D eigenvalue weighted by Crippen LogP contribution is -2.30. The molecule has 2 aromatic rings. The first-order valence-corrected chi connectivity index (χ1v) is 9.39. The second-order valence-corrected chi connectivity index (χ2v) is 7.21. The summed E-state index contributed by atoms with van der Waals surface area (Å²) in [5.41, 5.74) is 2.22. The number of halogens is 1. The van der Waals surface area contributed by atoms with Gasteiger partial charge in [-0.15, -0.1) is 11.8 Å². The van der Waals surface area contributed by atoms with E-state index in [0.717, 1.165) is 5.75 Å². The molecule has 2 rings (SSSR count). The average molecular weight is 395 g/mol. The highest BCUT2D eigenvalue weighted by Crippen LogP contribution is 2.23. The zero-order valence-electron chi connectivity index (χ0n) is 14.0. The quantitative estimate of drug-likeness (QED) is 0.325. The van der Waals surface area contributed by atoms with Gasteiger partial charge in [-0.2, -0.15) is 0 Å². The molecule has 0 spiro atoms. The van der Waals surface area contributed by atoms with Crippen molar-refractivity contribution in [1.29, 1.82) is 0 Å². The molecular formula is C18H19ClN2O2S2. The molecule has 0 unspecified atom stereocenters. The fourth-order valence-electron chi connectivity index (χ4n) is 2.00. The van der Waals surface area contributed by atoms with E-state index in [1.807, 2.05) is 0 Å². The first kappa shape index (κ1) is 19.6. The van der Waals surface area contributed by atoms with Crippen LogP contribution in [0.4, 0.5) is 5.69 Å². The van der Waals surface area contributed by atoms with Gasteiger partial charge in [0, 0.05) is 17.2 Å². The predicted octanol–water partition coefficient (Wildman–Crippen LogP) is 4.51. The molecule has 132 valence electrons. The Hall–Kier alpha value is -1.76. The standard InChI is InChI=1S/C18H19ClN2O2S2/c1-12-3-6-14(7-4-12)25-10-9-20-18(24)21-16-11-13(17(22)23-2)5-8-15(16)19/h3-8,11H,9-10H2,1-2H3,(H2,20,21,24). The molecule has 2 N–H and O–H groups in total. The maximum Gasteiger partial charge on any atom is 0.337 e. The number of aryl methyl sites for hydroxylation is 1. The van der Waals surface area contributed by atoms with Gasteiger partial charge in [-0.05, 0) is 49.5 Å². The molecule has 0 aliphatic rings. The number of carbonyl (C=O) groups is 1. The summed E-state index contributed by atoms with van der Waals surface area (Å²) < 4.78 is 4.70. The van der Waals surface area contributed by atoms with Crippen LogP contribution in [-0.2, 0) is 4.74 Å². The highest BCUT2D eigenvalue weighted by molar-refractivity contribution is 7.99. The lowest BCUT2D eigenvalue weighted by molar-refractivity contribution is 0.0601. The molecule has 0 atom stereocenters. The van der Waals surface area contributed by atoms with Crippen molar-refractivity contribution in [3.05, 3.63) is 58.6 Å². The van der Waals surface area contributed by atoms with E-state index in [1.54, 1.807) is 30.0 Å². The van der Waals surface area contributed by atoms with E-state index in [1.165, 1.54) is 17.6 Å². The zero-order chi connectivity index (χ0) is 18.2. The van der Waals surface area contributed by atoms with E-state index in [-0.39, 0.29) is 0 Å². The maximum atomic E-state index is 11.6. The second kappa shape index (κ2) is 9.65. The van der Waals surface area contributed by atoms with Gasteiger partial charge >= 0.3 is 5.97 Å². The summed E-state index contributed by atoms with van der Waals surface area (Å²) in [4.78, 5) is 12.8. The van der Waals surface area contributed by atoms with Crippen molar-refractivity contribution in [3.63, 3.8) is 0 Å². The Morgan fingerprint density at radius 2 is 1.96 bits per heavy atom. The van der Waals surface area contributed by atoms with Crippen LogP contribution in [0, 0.1) is 6.92 Å². The molecule has 0 bridgehead atoms. The molecule has 0 saturated heterocycles. The minimum Gasteiger partial charge on any atom is -0.465 e. The lowest BCUT2D eigenvalue weighted by Gasteiger charge is -2.12. The van der Waals surface area contributed by atoms with Crippen LogP contribution >= 0.6 is 35.6 Å². The van der Waals surface area contributed by atoms with Crippen LogP contribution in [0.25, 0.3) is 0 Å². The van der Waals surface area contributed by atoms with Crippen molar-refractivity contribution in [3.8, 4) is 0 Å². The molecule has 2 aromatic carbocycles. The Balaban J connectivity index is 1.81. The van der Waals surface area contributed by atoms with Crippen molar-refractivity contribution in [2.75, 3.05) is 24.7 Å². The third-order valence-corrected chi connectivity index (χ3v) is 4.90. The van der Waals surface area contributed by atoms with Crippen LogP contribution in [0.1, 0.15) is 15.9 Å². The molecule has 0 saturated carbocycles. The number of nitrogens with one attached hydrogen (secondary N) is 2. The molecule has 0 fully saturated rings. The maximum absolute atomic E-state index is 11.6. The number of anilines is 1. The minimum atomic E-state index is -0.423. The third-order valence-electron chi connectivity index (χ3n) is 3.31. The van der Waals surface area contributed by atoms with Gasteiger partial charge in [0.1, 0.15) is 0 Å². The molecule has 0 amide bonds. The number of esters is 1. The monoisotopic (exact) mass is 394 g/mol. The van der Waals surface area contributed by atoms with Crippen LogP contribution in [-0.4, -0.2) is 30.5 Å². The summed E-state index contributed by atoms with van der Waals surface area (Å²) in [5.74, 6) is 0.453.